The van der Waals surface area contributed by atoms with Gasteiger partial charge in [0.2, 0.25) is 0 Å². The molecule has 128 valence electrons. The molecule has 1 unspecified atom stereocenters. The van der Waals surface area contributed by atoms with E-state index in [0.29, 0.717) is 5.75 Å². The van der Waals surface area contributed by atoms with Crippen LogP contribution in [0, 0.1) is 6.92 Å². The minimum Gasteiger partial charge on any atom is -0.484 e. The van der Waals surface area contributed by atoms with Gasteiger partial charge in [0, 0.05) is 13.0 Å². The number of amides is 1. The highest BCUT2D eigenvalue weighted by atomic mass is 16.5. The lowest BCUT2D eigenvalue weighted by atomic mass is 10.2. The second-order valence-corrected chi connectivity index (χ2v) is 6.31. The molecule has 0 spiro atoms. The topological polar surface area (TPSA) is 84.9 Å². The van der Waals surface area contributed by atoms with Gasteiger partial charge in [0.25, 0.3) is 5.91 Å². The van der Waals surface area contributed by atoms with E-state index in [1.165, 1.54) is 0 Å². The summed E-state index contributed by atoms with van der Waals surface area (Å²) in [6.45, 7) is 7.63. The van der Waals surface area contributed by atoms with Gasteiger partial charge in [-0.2, -0.15) is 0 Å². The van der Waals surface area contributed by atoms with Crippen LogP contribution in [0.3, 0.4) is 0 Å². The molecule has 0 aliphatic heterocycles. The van der Waals surface area contributed by atoms with E-state index in [-0.39, 0.29) is 25.2 Å². The third-order valence-corrected chi connectivity index (χ3v) is 2.97. The number of nitrogens with one attached hydrogen (secondary N) is 1. The van der Waals surface area contributed by atoms with E-state index < -0.39 is 17.9 Å². The maximum absolute atomic E-state index is 11.8. The van der Waals surface area contributed by atoms with Gasteiger partial charge in [0.05, 0.1) is 5.60 Å². The number of aliphatic carboxylic acids is 1. The number of ether oxygens (including phenoxy) is 2. The summed E-state index contributed by atoms with van der Waals surface area (Å²) in [6.07, 6.45) is 0.197. The number of hydrogen-bond donors (Lipinski definition) is 2. The largest absolute Gasteiger partial charge is 0.484 e. The Kier molecular flexibility index (Phi) is 7.03. The van der Waals surface area contributed by atoms with Crippen LogP contribution in [-0.4, -0.2) is 41.8 Å². The van der Waals surface area contributed by atoms with Gasteiger partial charge in [0.15, 0.2) is 6.61 Å². The predicted octanol–water partition coefficient (Wildman–Crippen LogP) is 2.15. The normalized spacial score (nSPS) is 12.5. The smallest absolute Gasteiger partial charge is 0.326 e. The van der Waals surface area contributed by atoms with Gasteiger partial charge in [-0.1, -0.05) is 17.7 Å². The number of carbonyl (C=O) groups excluding carboxylic acids is 1. The fraction of sp³-hybridized carbons (Fsp3) is 0.529. The first-order valence-electron chi connectivity index (χ1n) is 7.53. The fourth-order valence-electron chi connectivity index (χ4n) is 1.76. The molecule has 0 saturated carbocycles. The van der Waals surface area contributed by atoms with Gasteiger partial charge < -0.3 is 19.9 Å². The summed E-state index contributed by atoms with van der Waals surface area (Å²) < 4.78 is 10.8. The Labute approximate surface area is 136 Å². The number of carboxylic acids is 1. The number of carbonyl (C=O) groups is 2. The molecule has 23 heavy (non-hydrogen) atoms. The fourth-order valence-corrected chi connectivity index (χ4v) is 1.76. The second-order valence-electron chi connectivity index (χ2n) is 6.31. The van der Waals surface area contributed by atoms with Gasteiger partial charge in [-0.25, -0.2) is 4.79 Å². The molecule has 6 heteroatoms. The third-order valence-electron chi connectivity index (χ3n) is 2.97. The average molecular weight is 323 g/mol. The van der Waals surface area contributed by atoms with Gasteiger partial charge in [-0.3, -0.25) is 4.79 Å². The molecule has 0 aliphatic rings. The van der Waals surface area contributed by atoms with Crippen molar-refractivity contribution in [2.75, 3.05) is 13.2 Å². The average Bonchev–Trinajstić information content (AvgIpc) is 2.44. The number of aryl methyl sites for hydroxylation is 1. The molecule has 0 aliphatic carbocycles. The van der Waals surface area contributed by atoms with Crippen LogP contribution >= 0.6 is 0 Å². The van der Waals surface area contributed by atoms with Gasteiger partial charge >= 0.3 is 5.97 Å². The van der Waals surface area contributed by atoms with Crippen LogP contribution in [0.4, 0.5) is 0 Å². The molecule has 0 heterocycles. The first kappa shape index (κ1) is 19.0. The third kappa shape index (κ3) is 8.21. The lowest BCUT2D eigenvalue weighted by molar-refractivity contribution is -0.143. The van der Waals surface area contributed by atoms with Crippen molar-refractivity contribution < 1.29 is 24.2 Å². The molecule has 6 nitrogen and oxygen atoms in total. The molecule has 1 aromatic carbocycles. The van der Waals surface area contributed by atoms with E-state index in [1.54, 1.807) is 12.1 Å². The zero-order valence-electron chi connectivity index (χ0n) is 14.1. The quantitative estimate of drug-likeness (QED) is 0.766. The van der Waals surface area contributed by atoms with Gasteiger partial charge in [-0.15, -0.1) is 0 Å². The van der Waals surface area contributed by atoms with Crippen LogP contribution in [0.25, 0.3) is 0 Å². The van der Waals surface area contributed by atoms with Crippen molar-refractivity contribution in [1.29, 1.82) is 0 Å². The van der Waals surface area contributed by atoms with E-state index in [1.807, 2.05) is 39.8 Å². The maximum atomic E-state index is 11.8. The van der Waals surface area contributed by atoms with Crippen molar-refractivity contribution in [2.45, 2.75) is 45.8 Å². The summed E-state index contributed by atoms with van der Waals surface area (Å²) >= 11 is 0. The van der Waals surface area contributed by atoms with Crippen LogP contribution in [0.15, 0.2) is 24.3 Å². The Morgan fingerprint density at radius 2 is 1.83 bits per heavy atom. The summed E-state index contributed by atoms with van der Waals surface area (Å²) in [6, 6.07) is 6.27. The van der Waals surface area contributed by atoms with E-state index in [4.69, 9.17) is 14.6 Å². The Hall–Kier alpha value is -2.08. The molecule has 0 saturated heterocycles. The number of rotatable bonds is 8. The van der Waals surface area contributed by atoms with Crippen molar-refractivity contribution >= 4 is 11.9 Å². The van der Waals surface area contributed by atoms with Gasteiger partial charge in [0.1, 0.15) is 11.8 Å². The van der Waals surface area contributed by atoms with Crippen LogP contribution < -0.4 is 10.1 Å². The molecular weight excluding hydrogens is 298 g/mol. The molecular formula is C17H25NO5. The summed E-state index contributed by atoms with van der Waals surface area (Å²) in [5.41, 5.74) is 0.744. The molecule has 2 N–H and O–H groups in total. The highest BCUT2D eigenvalue weighted by Gasteiger charge is 2.21. The number of benzene rings is 1. The number of hydrogen-bond acceptors (Lipinski definition) is 4. The van der Waals surface area contributed by atoms with E-state index >= 15 is 0 Å². The summed E-state index contributed by atoms with van der Waals surface area (Å²) in [5.74, 6) is -1.01. The second kappa shape index (κ2) is 8.53. The summed E-state index contributed by atoms with van der Waals surface area (Å²) in [4.78, 5) is 23.0. The molecule has 1 amide bonds. The Bertz CT molecular complexity index is 519. The molecule has 1 atom stereocenters. The molecule has 0 bridgehead atoms. The molecule has 0 aromatic heterocycles. The van der Waals surface area contributed by atoms with E-state index in [2.05, 4.69) is 5.32 Å². The lowest BCUT2D eigenvalue weighted by Gasteiger charge is -2.21. The van der Waals surface area contributed by atoms with E-state index in [0.717, 1.165) is 5.56 Å². The molecule has 0 fully saturated rings. The first-order chi connectivity index (χ1) is 10.7. The molecule has 1 aromatic rings. The Morgan fingerprint density at radius 3 is 2.35 bits per heavy atom. The minimum absolute atomic E-state index is 0.197. The maximum Gasteiger partial charge on any atom is 0.326 e. The molecule has 0 radical (unpaired) electrons. The zero-order valence-corrected chi connectivity index (χ0v) is 14.1. The van der Waals surface area contributed by atoms with E-state index in [9.17, 15) is 9.59 Å². The number of carboxylic acid groups (broad SMARTS) is 1. The summed E-state index contributed by atoms with van der Waals surface area (Å²) in [7, 11) is 0. The highest BCUT2D eigenvalue weighted by molar-refractivity contribution is 5.84. The predicted molar refractivity (Wildman–Crippen MR) is 86.6 cm³/mol. The van der Waals surface area contributed by atoms with Crippen molar-refractivity contribution in [2.24, 2.45) is 0 Å². The Morgan fingerprint density at radius 1 is 1.22 bits per heavy atom. The van der Waals surface area contributed by atoms with Crippen molar-refractivity contribution in [3.8, 4) is 5.75 Å². The summed E-state index contributed by atoms with van der Waals surface area (Å²) in [5, 5.41) is 11.6. The monoisotopic (exact) mass is 323 g/mol. The highest BCUT2D eigenvalue weighted by Crippen LogP contribution is 2.11. The van der Waals surface area contributed by atoms with Crippen molar-refractivity contribution in [1.82, 2.24) is 5.32 Å². The molecule has 1 rings (SSSR count). The standard InChI is InChI=1S/C17H25NO5/c1-12-5-7-13(8-6-12)22-11-15(19)18-14(16(20)21)9-10-23-17(2,3)4/h5-8,14H,9-11H2,1-4H3,(H,18,19)(H,20,21). The lowest BCUT2D eigenvalue weighted by Crippen LogP contribution is -2.44. The Balaban J connectivity index is 2.41. The van der Waals surface area contributed by atoms with Crippen LogP contribution in [0.1, 0.15) is 32.8 Å². The van der Waals surface area contributed by atoms with Crippen LogP contribution in [-0.2, 0) is 14.3 Å². The van der Waals surface area contributed by atoms with Crippen LogP contribution in [0.2, 0.25) is 0 Å². The van der Waals surface area contributed by atoms with Gasteiger partial charge in [-0.05, 0) is 39.8 Å². The van der Waals surface area contributed by atoms with Crippen LogP contribution in [0.5, 0.6) is 5.75 Å². The van der Waals surface area contributed by atoms with Crippen molar-refractivity contribution in [3.63, 3.8) is 0 Å². The first-order valence-corrected chi connectivity index (χ1v) is 7.53. The minimum atomic E-state index is -1.09. The SMILES string of the molecule is Cc1ccc(OCC(=O)NC(CCOC(C)(C)C)C(=O)O)cc1. The van der Waals surface area contributed by atoms with Crippen molar-refractivity contribution in [3.05, 3.63) is 29.8 Å². The zero-order chi connectivity index (χ0) is 17.5.